The Morgan fingerprint density at radius 2 is 1.88 bits per heavy atom. The quantitative estimate of drug-likeness (QED) is 0.648. The SMILES string of the molecule is CCN([C@@H](C)c1ccc(F)cc1)S(=O)(=O)c1ccc2c(c1)C1(CC1)CN(C(=O)C1CC1)C2. The fraction of sp³-hybridized carbons (Fsp3) is 0.480. The predicted molar refractivity (Wildman–Crippen MR) is 120 cm³/mol. The molecule has 0 radical (unpaired) electrons. The summed E-state index contributed by atoms with van der Waals surface area (Å²) in [5.74, 6) is 0.104. The highest BCUT2D eigenvalue weighted by atomic mass is 32.2. The van der Waals surface area contributed by atoms with Gasteiger partial charge in [-0.25, -0.2) is 12.8 Å². The first-order valence-electron chi connectivity index (χ1n) is 11.4. The highest BCUT2D eigenvalue weighted by molar-refractivity contribution is 7.89. The van der Waals surface area contributed by atoms with Gasteiger partial charge < -0.3 is 4.90 Å². The molecule has 2 aliphatic carbocycles. The molecule has 2 fully saturated rings. The number of rotatable bonds is 6. The van der Waals surface area contributed by atoms with Crippen molar-refractivity contribution in [3.63, 3.8) is 0 Å². The average Bonchev–Trinajstić information content (AvgIpc) is 3.70. The zero-order valence-electron chi connectivity index (χ0n) is 18.6. The van der Waals surface area contributed by atoms with Gasteiger partial charge in [-0.05, 0) is 73.6 Å². The van der Waals surface area contributed by atoms with Crippen molar-refractivity contribution < 1.29 is 17.6 Å². The predicted octanol–water partition coefficient (Wildman–Crippen LogP) is 4.38. The van der Waals surface area contributed by atoms with E-state index in [4.69, 9.17) is 0 Å². The number of hydrogen-bond acceptors (Lipinski definition) is 3. The fourth-order valence-electron chi connectivity index (χ4n) is 5.08. The van der Waals surface area contributed by atoms with Gasteiger partial charge in [0, 0.05) is 37.0 Å². The van der Waals surface area contributed by atoms with Gasteiger partial charge in [-0.2, -0.15) is 4.31 Å². The molecule has 0 bridgehead atoms. The zero-order valence-corrected chi connectivity index (χ0v) is 19.4. The third kappa shape index (κ3) is 3.65. The van der Waals surface area contributed by atoms with Crippen LogP contribution in [0.1, 0.15) is 62.3 Å². The lowest BCUT2D eigenvalue weighted by Crippen LogP contribution is -2.42. The average molecular weight is 457 g/mol. The second-order valence-electron chi connectivity index (χ2n) is 9.50. The molecule has 0 unspecified atom stereocenters. The summed E-state index contributed by atoms with van der Waals surface area (Å²) in [4.78, 5) is 14.9. The number of carbonyl (C=O) groups is 1. The van der Waals surface area contributed by atoms with Gasteiger partial charge in [0.05, 0.1) is 4.90 Å². The lowest BCUT2D eigenvalue weighted by atomic mass is 9.87. The van der Waals surface area contributed by atoms with Crippen molar-refractivity contribution in [2.24, 2.45) is 5.92 Å². The van der Waals surface area contributed by atoms with Crippen LogP contribution in [-0.4, -0.2) is 36.6 Å². The molecule has 1 aliphatic heterocycles. The Kier molecular flexibility index (Phi) is 5.17. The molecule has 1 atom stereocenters. The van der Waals surface area contributed by atoms with Crippen molar-refractivity contribution in [3.05, 3.63) is 65.0 Å². The van der Waals surface area contributed by atoms with Crippen LogP contribution in [0.15, 0.2) is 47.4 Å². The van der Waals surface area contributed by atoms with Crippen molar-refractivity contribution in [1.82, 2.24) is 9.21 Å². The summed E-state index contributed by atoms with van der Waals surface area (Å²) >= 11 is 0. The number of benzene rings is 2. The smallest absolute Gasteiger partial charge is 0.243 e. The number of halogens is 1. The Hall–Kier alpha value is -2.25. The first-order valence-corrected chi connectivity index (χ1v) is 12.9. The molecule has 5 nitrogen and oxygen atoms in total. The minimum absolute atomic E-state index is 0.0940. The molecule has 2 aromatic carbocycles. The van der Waals surface area contributed by atoms with E-state index >= 15 is 0 Å². The third-order valence-corrected chi connectivity index (χ3v) is 9.34. The molecule has 170 valence electrons. The van der Waals surface area contributed by atoms with E-state index in [1.165, 1.54) is 16.4 Å². The van der Waals surface area contributed by atoms with Crippen LogP contribution in [0.5, 0.6) is 0 Å². The Labute approximate surface area is 189 Å². The van der Waals surface area contributed by atoms with Gasteiger partial charge in [0.25, 0.3) is 0 Å². The van der Waals surface area contributed by atoms with Gasteiger partial charge in [0.15, 0.2) is 0 Å². The lowest BCUT2D eigenvalue weighted by molar-refractivity contribution is -0.134. The first kappa shape index (κ1) is 21.6. The normalized spacial score (nSPS) is 20.3. The maximum Gasteiger partial charge on any atom is 0.243 e. The first-order chi connectivity index (χ1) is 15.2. The molecule has 0 aromatic heterocycles. The van der Waals surface area contributed by atoms with E-state index in [0.717, 1.165) is 42.4 Å². The monoisotopic (exact) mass is 456 g/mol. The Morgan fingerprint density at radius 3 is 2.47 bits per heavy atom. The molecule has 2 saturated carbocycles. The van der Waals surface area contributed by atoms with Crippen molar-refractivity contribution in [1.29, 1.82) is 0 Å². The topological polar surface area (TPSA) is 57.7 Å². The van der Waals surface area contributed by atoms with Crippen LogP contribution >= 0.6 is 0 Å². The standard InChI is InChI=1S/C25H29FN2O3S/c1-3-28(17(2)18-6-9-21(26)10-7-18)32(30,31)22-11-8-20-15-27(24(29)19-4-5-19)16-25(12-13-25)23(20)14-22/h6-11,14,17,19H,3-5,12-13,15-16H2,1-2H3/t17-/m0/s1. The highest BCUT2D eigenvalue weighted by Crippen LogP contribution is 2.53. The van der Waals surface area contributed by atoms with Crippen LogP contribution in [0.2, 0.25) is 0 Å². The molecule has 5 rings (SSSR count). The number of fused-ring (bicyclic) bond motifs is 2. The molecule has 0 saturated heterocycles. The second kappa shape index (κ2) is 7.66. The van der Waals surface area contributed by atoms with Crippen LogP contribution in [0.4, 0.5) is 4.39 Å². The van der Waals surface area contributed by atoms with Crippen molar-refractivity contribution in [2.75, 3.05) is 13.1 Å². The maximum atomic E-state index is 13.6. The van der Waals surface area contributed by atoms with Crippen molar-refractivity contribution >= 4 is 15.9 Å². The summed E-state index contributed by atoms with van der Waals surface area (Å²) in [6.07, 6.45) is 3.96. The summed E-state index contributed by atoms with van der Waals surface area (Å²) in [6.45, 7) is 5.22. The van der Waals surface area contributed by atoms with Gasteiger partial charge in [-0.1, -0.05) is 25.1 Å². The van der Waals surface area contributed by atoms with Crippen LogP contribution in [-0.2, 0) is 26.8 Å². The second-order valence-corrected chi connectivity index (χ2v) is 11.4. The molecule has 0 N–H and O–H groups in total. The Balaban J connectivity index is 1.46. The van der Waals surface area contributed by atoms with Gasteiger partial charge in [-0.15, -0.1) is 0 Å². The van der Waals surface area contributed by atoms with E-state index in [9.17, 15) is 17.6 Å². The molecule has 1 amide bonds. The van der Waals surface area contributed by atoms with Crippen molar-refractivity contribution in [2.45, 2.75) is 62.4 Å². The van der Waals surface area contributed by atoms with Crippen LogP contribution in [0.3, 0.4) is 0 Å². The maximum absolute atomic E-state index is 13.6. The summed E-state index contributed by atoms with van der Waals surface area (Å²) in [5, 5.41) is 0. The molecular formula is C25H29FN2O3S. The molecule has 3 aliphatic rings. The molecule has 1 spiro atoms. The molecule has 2 aromatic rings. The van der Waals surface area contributed by atoms with Crippen LogP contribution < -0.4 is 0 Å². The summed E-state index contributed by atoms with van der Waals surface area (Å²) in [7, 11) is -3.74. The third-order valence-electron chi connectivity index (χ3n) is 7.30. The Bertz CT molecular complexity index is 1150. The number of sulfonamides is 1. The van der Waals surface area contributed by atoms with Gasteiger partial charge in [0.2, 0.25) is 15.9 Å². The largest absolute Gasteiger partial charge is 0.337 e. The number of amides is 1. The van der Waals surface area contributed by atoms with E-state index in [2.05, 4.69) is 0 Å². The van der Waals surface area contributed by atoms with E-state index in [-0.39, 0.29) is 23.1 Å². The van der Waals surface area contributed by atoms with Crippen LogP contribution in [0, 0.1) is 11.7 Å². The molecule has 1 heterocycles. The molecule has 32 heavy (non-hydrogen) atoms. The van der Waals surface area contributed by atoms with Gasteiger partial charge in [0.1, 0.15) is 5.82 Å². The van der Waals surface area contributed by atoms with E-state index < -0.39 is 16.1 Å². The summed E-state index contributed by atoms with van der Waals surface area (Å²) in [5.41, 5.74) is 2.81. The van der Waals surface area contributed by atoms with Crippen LogP contribution in [0.25, 0.3) is 0 Å². The number of hydrogen-bond donors (Lipinski definition) is 0. The van der Waals surface area contributed by atoms with E-state index in [0.29, 0.717) is 24.5 Å². The zero-order chi connectivity index (χ0) is 22.7. The number of carbonyl (C=O) groups excluding carboxylic acids is 1. The lowest BCUT2D eigenvalue weighted by Gasteiger charge is -2.36. The summed E-state index contributed by atoms with van der Waals surface area (Å²) in [6, 6.07) is 11.0. The Morgan fingerprint density at radius 1 is 1.19 bits per heavy atom. The van der Waals surface area contributed by atoms with Crippen molar-refractivity contribution in [3.8, 4) is 0 Å². The minimum atomic E-state index is -3.74. The fourth-order valence-corrected chi connectivity index (χ4v) is 6.73. The van der Waals surface area contributed by atoms with Gasteiger partial charge in [-0.3, -0.25) is 4.79 Å². The van der Waals surface area contributed by atoms with E-state index in [1.54, 1.807) is 18.2 Å². The minimum Gasteiger partial charge on any atom is -0.337 e. The highest BCUT2D eigenvalue weighted by Gasteiger charge is 2.51. The van der Waals surface area contributed by atoms with E-state index in [1.807, 2.05) is 30.9 Å². The number of nitrogens with zero attached hydrogens (tertiary/aromatic N) is 2. The molecular weight excluding hydrogens is 427 g/mol. The molecule has 7 heteroatoms. The summed E-state index contributed by atoms with van der Waals surface area (Å²) < 4.78 is 42.0. The van der Waals surface area contributed by atoms with Gasteiger partial charge >= 0.3 is 0 Å².